The average Bonchev–Trinajstić information content (AvgIpc) is 2.34. The number of esters is 1. The lowest BCUT2D eigenvalue weighted by molar-refractivity contribution is -0.143. The van der Waals surface area contributed by atoms with Crippen molar-refractivity contribution in [3.8, 4) is 5.75 Å². The van der Waals surface area contributed by atoms with E-state index >= 15 is 0 Å². The largest absolute Gasteiger partial charge is 0.497 e. The summed E-state index contributed by atoms with van der Waals surface area (Å²) in [5.41, 5.74) is 0.919. The summed E-state index contributed by atoms with van der Waals surface area (Å²) >= 11 is 0. The number of benzene rings is 1. The number of rotatable bonds is 6. The highest BCUT2D eigenvalue weighted by atomic mass is 16.5. The van der Waals surface area contributed by atoms with Crippen LogP contribution in [-0.4, -0.2) is 25.7 Å². The summed E-state index contributed by atoms with van der Waals surface area (Å²) in [6, 6.07) is 7.74. The second-order valence-corrected chi connectivity index (χ2v) is 4.05. The van der Waals surface area contributed by atoms with Crippen molar-refractivity contribution in [3.05, 3.63) is 29.8 Å². The normalized spacial score (nSPS) is 10.4. The Labute approximate surface area is 102 Å². The van der Waals surface area contributed by atoms with Gasteiger partial charge in [-0.3, -0.25) is 4.79 Å². The van der Waals surface area contributed by atoms with Crippen LogP contribution in [0.25, 0.3) is 0 Å². The molecule has 1 N–H and O–H groups in total. The molecule has 1 aromatic rings. The highest BCUT2D eigenvalue weighted by Crippen LogP contribution is 2.13. The number of methoxy groups -OCH3 is 1. The first-order chi connectivity index (χ1) is 8.11. The Hall–Kier alpha value is -1.55. The van der Waals surface area contributed by atoms with Gasteiger partial charge in [0.1, 0.15) is 12.4 Å². The molecule has 0 aromatic heterocycles. The van der Waals surface area contributed by atoms with Crippen LogP contribution < -0.4 is 10.1 Å². The number of hydrogen-bond donors (Lipinski definition) is 1. The monoisotopic (exact) mass is 237 g/mol. The van der Waals surface area contributed by atoms with E-state index in [-0.39, 0.29) is 25.2 Å². The summed E-state index contributed by atoms with van der Waals surface area (Å²) in [4.78, 5) is 11.4. The smallest absolute Gasteiger partial charge is 0.320 e. The van der Waals surface area contributed by atoms with Crippen LogP contribution in [-0.2, 0) is 16.1 Å². The molecule has 1 rings (SSSR count). The van der Waals surface area contributed by atoms with Crippen molar-refractivity contribution in [3.63, 3.8) is 0 Å². The molecule has 0 fully saturated rings. The van der Waals surface area contributed by atoms with Gasteiger partial charge in [-0.25, -0.2) is 0 Å². The minimum absolute atomic E-state index is 0.238. The van der Waals surface area contributed by atoms with Gasteiger partial charge in [0, 0.05) is 6.04 Å². The Morgan fingerprint density at radius 2 is 2.18 bits per heavy atom. The van der Waals surface area contributed by atoms with Gasteiger partial charge in [-0.15, -0.1) is 0 Å². The molecule has 1 aromatic carbocycles. The van der Waals surface area contributed by atoms with E-state index in [1.54, 1.807) is 7.11 Å². The molecule has 0 atom stereocenters. The zero-order valence-electron chi connectivity index (χ0n) is 10.5. The number of hydrogen-bond acceptors (Lipinski definition) is 4. The summed E-state index contributed by atoms with van der Waals surface area (Å²) in [6.07, 6.45) is 0. The predicted molar refractivity (Wildman–Crippen MR) is 65.9 cm³/mol. The first kappa shape index (κ1) is 13.5. The first-order valence-electron chi connectivity index (χ1n) is 5.63. The topological polar surface area (TPSA) is 47.6 Å². The van der Waals surface area contributed by atoms with Crippen molar-refractivity contribution in [2.75, 3.05) is 13.7 Å². The molecule has 0 bridgehead atoms. The van der Waals surface area contributed by atoms with Crippen LogP contribution >= 0.6 is 0 Å². The van der Waals surface area contributed by atoms with Crippen LogP contribution in [0.4, 0.5) is 0 Å². The predicted octanol–water partition coefficient (Wildman–Crippen LogP) is 1.74. The van der Waals surface area contributed by atoms with Gasteiger partial charge < -0.3 is 14.8 Å². The van der Waals surface area contributed by atoms with Crippen LogP contribution in [0, 0.1) is 0 Å². The van der Waals surface area contributed by atoms with Gasteiger partial charge in [0.15, 0.2) is 0 Å². The highest BCUT2D eigenvalue weighted by Gasteiger charge is 2.04. The Morgan fingerprint density at radius 3 is 2.82 bits per heavy atom. The maximum atomic E-state index is 11.4. The third-order valence-corrected chi connectivity index (χ3v) is 2.19. The number of carbonyl (C=O) groups excluding carboxylic acids is 1. The molecule has 4 heteroatoms. The van der Waals surface area contributed by atoms with Crippen LogP contribution in [0.2, 0.25) is 0 Å². The molecule has 0 aliphatic carbocycles. The minimum atomic E-state index is -0.249. The van der Waals surface area contributed by atoms with Gasteiger partial charge in [-0.1, -0.05) is 26.0 Å². The van der Waals surface area contributed by atoms with Gasteiger partial charge >= 0.3 is 5.97 Å². The molecule has 0 saturated carbocycles. The van der Waals surface area contributed by atoms with E-state index in [0.717, 1.165) is 11.3 Å². The maximum absolute atomic E-state index is 11.4. The van der Waals surface area contributed by atoms with Gasteiger partial charge in [0.05, 0.1) is 13.7 Å². The van der Waals surface area contributed by atoms with Crippen molar-refractivity contribution in [1.29, 1.82) is 0 Å². The quantitative estimate of drug-likeness (QED) is 0.765. The maximum Gasteiger partial charge on any atom is 0.320 e. The van der Waals surface area contributed by atoms with Crippen molar-refractivity contribution < 1.29 is 14.3 Å². The molecule has 94 valence electrons. The zero-order chi connectivity index (χ0) is 12.7. The molecular weight excluding hydrogens is 218 g/mol. The molecule has 17 heavy (non-hydrogen) atoms. The molecule has 0 aliphatic rings. The van der Waals surface area contributed by atoms with E-state index in [1.165, 1.54) is 0 Å². The molecule has 0 radical (unpaired) electrons. The van der Waals surface area contributed by atoms with Crippen LogP contribution in [0.1, 0.15) is 19.4 Å². The van der Waals surface area contributed by atoms with Crippen molar-refractivity contribution in [1.82, 2.24) is 5.32 Å². The lowest BCUT2D eigenvalue weighted by Crippen LogP contribution is -2.30. The average molecular weight is 237 g/mol. The minimum Gasteiger partial charge on any atom is -0.497 e. The zero-order valence-corrected chi connectivity index (χ0v) is 10.5. The van der Waals surface area contributed by atoms with Crippen molar-refractivity contribution in [2.24, 2.45) is 0 Å². The lowest BCUT2D eigenvalue weighted by Gasteiger charge is -2.09. The van der Waals surface area contributed by atoms with E-state index in [2.05, 4.69) is 5.32 Å². The standard InChI is InChI=1S/C13H19NO3/c1-10(2)14-8-13(15)17-9-11-5-4-6-12(7-11)16-3/h4-7,10,14H,8-9H2,1-3H3. The molecule has 0 saturated heterocycles. The second-order valence-electron chi connectivity index (χ2n) is 4.05. The van der Waals surface area contributed by atoms with Crippen molar-refractivity contribution >= 4 is 5.97 Å². The van der Waals surface area contributed by atoms with Crippen molar-refractivity contribution in [2.45, 2.75) is 26.5 Å². The Balaban J connectivity index is 2.36. The third kappa shape index (κ3) is 5.36. The molecule has 0 spiro atoms. The summed E-state index contributed by atoms with van der Waals surface area (Å²) in [6.45, 7) is 4.47. The van der Waals surface area contributed by atoms with Crippen LogP contribution in [0.5, 0.6) is 5.75 Å². The second kappa shape index (κ2) is 6.91. The first-order valence-corrected chi connectivity index (χ1v) is 5.63. The van der Waals surface area contributed by atoms with E-state index < -0.39 is 0 Å². The van der Waals surface area contributed by atoms with E-state index in [9.17, 15) is 4.79 Å². The Kier molecular flexibility index (Phi) is 5.49. The summed E-state index contributed by atoms with van der Waals surface area (Å²) < 4.78 is 10.2. The SMILES string of the molecule is COc1cccc(COC(=O)CNC(C)C)c1. The van der Waals surface area contributed by atoms with Gasteiger partial charge in [-0.05, 0) is 17.7 Å². The Morgan fingerprint density at radius 1 is 1.41 bits per heavy atom. The third-order valence-electron chi connectivity index (χ3n) is 2.19. The molecule has 0 aliphatic heterocycles. The molecular formula is C13H19NO3. The van der Waals surface area contributed by atoms with Crippen LogP contribution in [0.3, 0.4) is 0 Å². The molecule has 4 nitrogen and oxygen atoms in total. The molecule has 0 unspecified atom stereocenters. The molecule has 0 amide bonds. The number of nitrogens with one attached hydrogen (secondary N) is 1. The van der Waals surface area contributed by atoms with Gasteiger partial charge in [-0.2, -0.15) is 0 Å². The Bertz CT molecular complexity index is 363. The fourth-order valence-corrected chi connectivity index (χ4v) is 1.26. The summed E-state index contributed by atoms with van der Waals surface area (Å²) in [5, 5.41) is 3.00. The van der Waals surface area contributed by atoms with Gasteiger partial charge in [0.2, 0.25) is 0 Å². The van der Waals surface area contributed by atoms with Gasteiger partial charge in [0.25, 0.3) is 0 Å². The number of carbonyl (C=O) groups is 1. The van der Waals surface area contributed by atoms with E-state index in [0.29, 0.717) is 0 Å². The number of ether oxygens (including phenoxy) is 2. The lowest BCUT2D eigenvalue weighted by atomic mass is 10.2. The summed E-state index contributed by atoms with van der Waals surface area (Å²) in [5.74, 6) is 0.514. The molecule has 0 heterocycles. The fraction of sp³-hybridized carbons (Fsp3) is 0.462. The highest BCUT2D eigenvalue weighted by molar-refractivity contribution is 5.71. The fourth-order valence-electron chi connectivity index (χ4n) is 1.26. The summed E-state index contributed by atoms with van der Waals surface area (Å²) in [7, 11) is 1.61. The van der Waals surface area contributed by atoms with Crippen LogP contribution in [0.15, 0.2) is 24.3 Å². The van der Waals surface area contributed by atoms with E-state index in [1.807, 2.05) is 38.1 Å². The van der Waals surface area contributed by atoms with E-state index in [4.69, 9.17) is 9.47 Å².